The number of halogens is 1. The van der Waals surface area contributed by atoms with E-state index in [1.165, 1.54) is 9.33 Å². The second-order valence-corrected chi connectivity index (χ2v) is 25.2. The zero-order valence-corrected chi connectivity index (χ0v) is 35.8. The maximum atomic E-state index is 14.9. The van der Waals surface area contributed by atoms with Crippen LogP contribution in [0.3, 0.4) is 0 Å². The van der Waals surface area contributed by atoms with Gasteiger partial charge in [0.15, 0.2) is 0 Å². The number of ether oxygens (including phenoxy) is 3. The Labute approximate surface area is 341 Å². The van der Waals surface area contributed by atoms with Crippen LogP contribution in [0.15, 0.2) is 42.6 Å². The molecule has 2 saturated carbocycles. The zero-order valence-electron chi connectivity index (χ0n) is 32.8. The van der Waals surface area contributed by atoms with E-state index in [9.17, 15) is 27.6 Å². The number of hydrogen-bond acceptors (Lipinski definition) is 10. The first-order valence-corrected chi connectivity index (χ1v) is 26.3. The number of pyridine rings is 1. The summed E-state index contributed by atoms with van der Waals surface area (Å²) >= 11 is -0.928. The first-order chi connectivity index (χ1) is 27.3. The van der Waals surface area contributed by atoms with Gasteiger partial charge in [-0.25, -0.2) is 13.4 Å². The largest absolute Gasteiger partial charge is 0.0615 e. The van der Waals surface area contributed by atoms with E-state index in [1.54, 1.807) is 6.20 Å². The summed E-state index contributed by atoms with van der Waals surface area (Å²) in [6, 6.07) is 5.49. The summed E-state index contributed by atoms with van der Waals surface area (Å²) in [6.45, 7) is 6.61. The third-order valence-electron chi connectivity index (χ3n) is 12.2. The van der Waals surface area contributed by atoms with Gasteiger partial charge >= 0.3 is 196 Å². The quantitative estimate of drug-likeness (QED) is 0.173. The Morgan fingerprint density at radius 1 is 1.05 bits per heavy atom. The number of carbonyl (C=O) groups excluding carboxylic acids is 4. The van der Waals surface area contributed by atoms with E-state index in [-0.39, 0.29) is 37.3 Å². The predicted molar refractivity (Wildman–Crippen MR) is 222 cm³/mol. The molecule has 9 atom stereocenters. The first kappa shape index (κ1) is 40.1. The van der Waals surface area contributed by atoms with Crippen molar-refractivity contribution in [1.29, 1.82) is 0 Å². The van der Waals surface area contributed by atoms with Crippen molar-refractivity contribution >= 4 is 64.4 Å². The minimum Gasteiger partial charge on any atom is -0.0615 e. The van der Waals surface area contributed by atoms with Crippen LogP contribution in [0.2, 0.25) is 0 Å². The molecule has 2 aliphatic carbocycles. The fourth-order valence-electron chi connectivity index (χ4n) is 8.74. The number of alkyl halides is 3. The van der Waals surface area contributed by atoms with Gasteiger partial charge < -0.3 is 4.74 Å². The fourth-order valence-corrected chi connectivity index (χ4v) is 17.2. The molecular formula is C41H54IN5O9S. The van der Waals surface area contributed by atoms with Crippen LogP contribution >= 0.6 is 19.8 Å². The molecule has 5 fully saturated rings. The topological polar surface area (TPSA) is 182 Å². The van der Waals surface area contributed by atoms with E-state index in [0.29, 0.717) is 49.3 Å². The summed E-state index contributed by atoms with van der Waals surface area (Å²) < 4.78 is 49.6. The molecule has 57 heavy (non-hydrogen) atoms. The maximum absolute atomic E-state index is 14.9. The smallest absolute Gasteiger partial charge is 0.0477 e. The van der Waals surface area contributed by atoms with Crippen molar-refractivity contribution in [3.8, 4) is 11.6 Å². The fraction of sp³-hybridized carbons (Fsp3) is 0.634. The minimum absolute atomic E-state index is 0.00734. The van der Waals surface area contributed by atoms with Crippen LogP contribution in [0.5, 0.6) is 11.6 Å². The Bertz CT molecular complexity index is 2040. The number of alkyl carbamates (subject to hydrolysis) is 1. The molecule has 4 aliphatic heterocycles. The van der Waals surface area contributed by atoms with E-state index in [4.69, 9.17) is 14.2 Å². The summed E-state index contributed by atoms with van der Waals surface area (Å²) in [7, 11) is -3.89. The van der Waals surface area contributed by atoms with Crippen LogP contribution in [-0.4, -0.2) is 103 Å². The number of aromatic nitrogens is 1. The zero-order chi connectivity index (χ0) is 40.1. The molecule has 0 unspecified atom stereocenters. The van der Waals surface area contributed by atoms with Crippen molar-refractivity contribution in [2.24, 2.45) is 17.8 Å². The molecule has 1 aromatic carbocycles. The van der Waals surface area contributed by atoms with Gasteiger partial charge in [-0.15, -0.1) is 0 Å². The van der Waals surface area contributed by atoms with E-state index >= 15 is 0 Å². The third-order valence-corrected chi connectivity index (χ3v) is 20.7. The van der Waals surface area contributed by atoms with Gasteiger partial charge in [-0.3, -0.25) is 9.52 Å². The van der Waals surface area contributed by atoms with Crippen LogP contribution in [0, 0.1) is 17.8 Å². The third kappa shape index (κ3) is 8.71. The molecule has 8 rings (SSSR count). The average Bonchev–Trinajstić information content (AvgIpc) is 4.14. The minimum atomic E-state index is -3.89. The maximum Gasteiger partial charge on any atom is 0.0477 e. The standard InChI is InChI=1S/C41H54IN5O9S/c1-4-15-54-34-22-43-37(32-12-8-7-11-31(32)34)55-29-18-33-36(48)45-41(39(50)46-57(52,53)30-13-14-30)19-26(41)10-6-5-9-24(2)16-25(3)35(38(49)47(33)23-29)44-40(51)56-28-17-27-20-42(27)21-28/h6-8,10-12,22,24-30,33,35H,4-5,9,13-21,23H2,1-3H3,(H,44,51)(H,45,48)(H,46,50)/b10-6-/t24-,25-,26-,27+,28+,29-,33+,35+,41-/m1/s1. The van der Waals surface area contributed by atoms with E-state index in [1.807, 2.05) is 50.3 Å². The summed E-state index contributed by atoms with van der Waals surface area (Å²) in [4.78, 5) is 62.9. The molecule has 0 spiro atoms. The van der Waals surface area contributed by atoms with Crippen molar-refractivity contribution in [2.75, 3.05) is 22.0 Å². The van der Waals surface area contributed by atoms with E-state index in [0.717, 1.165) is 33.0 Å². The van der Waals surface area contributed by atoms with Crippen molar-refractivity contribution < 1.29 is 41.8 Å². The Kier molecular flexibility index (Phi) is 11.4. The SMILES string of the molecule is CCCOc1cnc(O[C@@H]2C[C@H]3C(=O)N[C@]4(C(=O)NS(=O)(=O)C5CC5)C[C@H]4/C=C\CC[C@@H](C)C[C@@H](C)[C@H](NC(=O)O[C@H]4C[C@H]5CI5C4)C(=O)N3C2)c2ccccc12. The van der Waals surface area contributed by atoms with Gasteiger partial charge in [0, 0.05) is 16.7 Å². The number of amides is 4. The molecule has 2 aromatic rings. The van der Waals surface area contributed by atoms with Gasteiger partial charge in [0.05, 0.1) is 18.1 Å². The van der Waals surface area contributed by atoms with Gasteiger partial charge in [0.1, 0.15) is 5.75 Å². The Morgan fingerprint density at radius 3 is 2.58 bits per heavy atom. The second kappa shape index (κ2) is 16.2. The predicted octanol–water partition coefficient (Wildman–Crippen LogP) is 4.62. The van der Waals surface area contributed by atoms with Crippen molar-refractivity contribution in [3.63, 3.8) is 0 Å². The summed E-state index contributed by atoms with van der Waals surface area (Å²) in [6.07, 6.45) is 9.16. The number of nitrogens with one attached hydrogen (secondary N) is 3. The Hall–Kier alpha value is -3.67. The molecule has 3 saturated heterocycles. The molecule has 0 radical (unpaired) electrons. The average molecular weight is 920 g/mol. The first-order valence-electron chi connectivity index (χ1n) is 20.4. The normalized spacial score (nSPS) is 33.7. The molecule has 5 heterocycles. The van der Waals surface area contributed by atoms with E-state index in [2.05, 4.69) is 27.3 Å². The number of carbonyl (C=O) groups is 4. The van der Waals surface area contributed by atoms with Crippen LogP contribution in [0.1, 0.15) is 78.6 Å². The second-order valence-electron chi connectivity index (χ2n) is 16.9. The number of sulfonamides is 1. The van der Waals surface area contributed by atoms with Crippen molar-refractivity contribution in [1.82, 2.24) is 25.2 Å². The van der Waals surface area contributed by atoms with Crippen LogP contribution in [0.25, 0.3) is 10.8 Å². The molecule has 1 aromatic heterocycles. The number of fused-ring (bicyclic) bond motifs is 4. The van der Waals surface area contributed by atoms with Crippen LogP contribution in [-0.2, 0) is 29.1 Å². The molecule has 16 heteroatoms. The molecule has 4 amide bonds. The number of hydrogen-bond donors (Lipinski definition) is 3. The monoisotopic (exact) mass is 919 g/mol. The molecule has 3 N–H and O–H groups in total. The van der Waals surface area contributed by atoms with Crippen LogP contribution in [0.4, 0.5) is 4.79 Å². The summed E-state index contributed by atoms with van der Waals surface area (Å²) in [5.41, 5.74) is -1.50. The van der Waals surface area contributed by atoms with E-state index < -0.39 is 88.6 Å². The van der Waals surface area contributed by atoms with Gasteiger partial charge in [-0.1, -0.05) is 31.2 Å². The Morgan fingerprint density at radius 2 is 1.84 bits per heavy atom. The summed E-state index contributed by atoms with van der Waals surface area (Å²) in [5.74, 6) is -1.42. The van der Waals surface area contributed by atoms with Gasteiger partial charge in [0.2, 0.25) is 10.0 Å². The number of benzene rings is 1. The van der Waals surface area contributed by atoms with Crippen LogP contribution < -0.4 is 24.8 Å². The molecule has 14 nitrogen and oxygen atoms in total. The Balaban J connectivity index is 1.10. The van der Waals surface area contributed by atoms with Gasteiger partial charge in [-0.05, 0) is 31.7 Å². The van der Waals surface area contributed by atoms with Gasteiger partial charge in [0.25, 0.3) is 5.91 Å². The van der Waals surface area contributed by atoms with Gasteiger partial charge in [-0.2, -0.15) is 0 Å². The molecular weight excluding hydrogens is 865 g/mol. The number of allylic oxidation sites excluding steroid dienone is 1. The summed E-state index contributed by atoms with van der Waals surface area (Å²) in [5, 5.41) is 6.76. The molecule has 310 valence electrons. The van der Waals surface area contributed by atoms with Crippen molar-refractivity contribution in [2.45, 2.75) is 118 Å². The molecule has 0 bridgehead atoms. The number of rotatable bonds is 10. The molecule has 6 aliphatic rings. The van der Waals surface area contributed by atoms with Crippen molar-refractivity contribution in [3.05, 3.63) is 42.6 Å². The number of nitrogens with zero attached hydrogens (tertiary/aromatic N) is 2.